The molecule has 4 heterocycles. The first kappa shape index (κ1) is 20.0. The van der Waals surface area contributed by atoms with Gasteiger partial charge in [0.25, 0.3) is 0 Å². The van der Waals surface area contributed by atoms with E-state index in [-0.39, 0.29) is 22.0 Å². The summed E-state index contributed by atoms with van der Waals surface area (Å²) in [5.74, 6) is 1.18. The maximum atomic E-state index is 12.8. The number of sulfone groups is 1. The zero-order chi connectivity index (χ0) is 21.6. The Bertz CT molecular complexity index is 1280. The molecule has 10 heteroatoms. The number of nitrogens with zero attached hydrogens (tertiary/aromatic N) is 3. The molecule has 2 aromatic heterocycles. The molecule has 160 valence electrons. The number of aromatic nitrogens is 3. The summed E-state index contributed by atoms with van der Waals surface area (Å²) in [6.07, 6.45) is 2.61. The van der Waals surface area contributed by atoms with Crippen molar-refractivity contribution in [1.82, 2.24) is 15.0 Å². The highest BCUT2D eigenvalue weighted by atomic mass is 35.5. The van der Waals surface area contributed by atoms with Gasteiger partial charge in [-0.2, -0.15) is 4.98 Å². The standard InChI is InChI=1S/C21H20ClN5O3S/c22-15-5-3-13(4-6-15)14-11-27(12-14)21-25-17-2-1-9-31(29,30)19(17)20(26-21)24-16-7-8-18(28)23-10-16/h3-8,10,14H,1-2,9,11-12H2,(H,23,28)(H,24,25,26). The third-order valence-corrected chi connectivity index (χ3v) is 7.74. The molecule has 2 aliphatic rings. The molecule has 1 fully saturated rings. The molecule has 8 nitrogen and oxygen atoms in total. The van der Waals surface area contributed by atoms with Crippen LogP contribution in [0.3, 0.4) is 0 Å². The molecule has 0 radical (unpaired) electrons. The largest absolute Gasteiger partial charge is 0.339 e. The fourth-order valence-electron chi connectivity index (χ4n) is 3.95. The molecule has 0 atom stereocenters. The Hall–Kier alpha value is -2.91. The van der Waals surface area contributed by atoms with E-state index in [0.717, 1.165) is 13.1 Å². The third-order valence-electron chi connectivity index (χ3n) is 5.61. The number of H-pyrrole nitrogens is 1. The van der Waals surface area contributed by atoms with Crippen LogP contribution in [-0.2, 0) is 16.3 Å². The molecular formula is C21H20ClN5O3S. The molecule has 31 heavy (non-hydrogen) atoms. The van der Waals surface area contributed by atoms with Gasteiger partial charge in [-0.15, -0.1) is 0 Å². The Labute approximate surface area is 184 Å². The minimum atomic E-state index is -3.48. The Balaban J connectivity index is 1.47. The fraction of sp³-hybridized carbons (Fsp3) is 0.286. The minimum absolute atomic E-state index is 0.0748. The summed E-state index contributed by atoms with van der Waals surface area (Å²) in [6, 6.07) is 10.8. The first-order valence-corrected chi connectivity index (χ1v) is 12.0. The topological polar surface area (TPSA) is 108 Å². The summed E-state index contributed by atoms with van der Waals surface area (Å²) in [5.41, 5.74) is 2.05. The van der Waals surface area contributed by atoms with E-state index < -0.39 is 9.84 Å². The second-order valence-corrected chi connectivity index (χ2v) is 10.3. The van der Waals surface area contributed by atoms with Crippen LogP contribution in [0.25, 0.3) is 0 Å². The Morgan fingerprint density at radius 3 is 2.58 bits per heavy atom. The van der Waals surface area contributed by atoms with Gasteiger partial charge in [-0.1, -0.05) is 23.7 Å². The van der Waals surface area contributed by atoms with Crippen molar-refractivity contribution >= 4 is 38.9 Å². The number of nitrogens with one attached hydrogen (secondary N) is 2. The lowest BCUT2D eigenvalue weighted by molar-refractivity contribution is 0.511. The van der Waals surface area contributed by atoms with Gasteiger partial charge in [0.15, 0.2) is 15.7 Å². The van der Waals surface area contributed by atoms with Crippen LogP contribution < -0.4 is 15.8 Å². The molecule has 1 saturated heterocycles. The van der Waals surface area contributed by atoms with Crippen LogP contribution in [0, 0.1) is 0 Å². The normalized spacial score (nSPS) is 17.6. The molecular weight excluding hydrogens is 438 g/mol. The lowest BCUT2D eigenvalue weighted by atomic mass is 9.92. The number of pyridine rings is 1. The Kier molecular flexibility index (Phi) is 4.94. The van der Waals surface area contributed by atoms with E-state index in [1.54, 1.807) is 6.07 Å². The quantitative estimate of drug-likeness (QED) is 0.620. The van der Waals surface area contributed by atoms with E-state index in [9.17, 15) is 13.2 Å². The molecule has 0 saturated carbocycles. The number of aryl methyl sites for hydroxylation is 1. The summed E-state index contributed by atoms with van der Waals surface area (Å²) >= 11 is 5.98. The summed E-state index contributed by atoms with van der Waals surface area (Å²) in [6.45, 7) is 1.48. The summed E-state index contributed by atoms with van der Waals surface area (Å²) in [5, 5.41) is 3.77. The average Bonchev–Trinajstić information content (AvgIpc) is 2.69. The van der Waals surface area contributed by atoms with Gasteiger partial charge in [0.2, 0.25) is 11.5 Å². The highest BCUT2D eigenvalue weighted by molar-refractivity contribution is 7.91. The van der Waals surface area contributed by atoms with Crippen LogP contribution in [0.1, 0.15) is 23.6 Å². The van der Waals surface area contributed by atoms with Crippen LogP contribution in [0.15, 0.2) is 52.3 Å². The minimum Gasteiger partial charge on any atom is -0.339 e. The van der Waals surface area contributed by atoms with Gasteiger partial charge in [-0.25, -0.2) is 13.4 Å². The van der Waals surface area contributed by atoms with Crippen molar-refractivity contribution in [2.75, 3.05) is 29.1 Å². The Morgan fingerprint density at radius 2 is 1.87 bits per heavy atom. The maximum absolute atomic E-state index is 12.8. The van der Waals surface area contributed by atoms with Crippen molar-refractivity contribution < 1.29 is 8.42 Å². The van der Waals surface area contributed by atoms with Crippen molar-refractivity contribution in [1.29, 1.82) is 0 Å². The fourth-order valence-corrected chi connectivity index (χ4v) is 5.70. The van der Waals surface area contributed by atoms with Gasteiger partial charge < -0.3 is 15.2 Å². The van der Waals surface area contributed by atoms with Crippen LogP contribution in [0.5, 0.6) is 0 Å². The number of fused-ring (bicyclic) bond motifs is 1. The molecule has 1 aromatic carbocycles. The summed E-state index contributed by atoms with van der Waals surface area (Å²) in [4.78, 5) is 25.3. The average molecular weight is 458 g/mol. The number of hydrogen-bond donors (Lipinski definition) is 2. The molecule has 3 aromatic rings. The van der Waals surface area contributed by atoms with E-state index >= 15 is 0 Å². The lowest BCUT2D eigenvalue weighted by Crippen LogP contribution is -2.46. The van der Waals surface area contributed by atoms with E-state index in [2.05, 4.69) is 20.3 Å². The van der Waals surface area contributed by atoms with E-state index in [1.165, 1.54) is 17.8 Å². The van der Waals surface area contributed by atoms with E-state index in [0.29, 0.717) is 41.1 Å². The van der Waals surface area contributed by atoms with Crippen LogP contribution in [0.2, 0.25) is 5.02 Å². The zero-order valence-corrected chi connectivity index (χ0v) is 18.1. The van der Waals surface area contributed by atoms with Gasteiger partial charge in [-0.3, -0.25) is 4.79 Å². The van der Waals surface area contributed by atoms with Gasteiger partial charge in [0.1, 0.15) is 4.90 Å². The van der Waals surface area contributed by atoms with Crippen molar-refractivity contribution in [2.45, 2.75) is 23.7 Å². The molecule has 0 spiro atoms. The monoisotopic (exact) mass is 457 g/mol. The van der Waals surface area contributed by atoms with Crippen molar-refractivity contribution in [3.05, 3.63) is 69.2 Å². The molecule has 0 unspecified atom stereocenters. The number of halogens is 1. The maximum Gasteiger partial charge on any atom is 0.248 e. The third kappa shape index (κ3) is 3.90. The van der Waals surface area contributed by atoms with Crippen LogP contribution >= 0.6 is 11.6 Å². The molecule has 5 rings (SSSR count). The first-order chi connectivity index (χ1) is 14.9. The molecule has 0 aliphatic carbocycles. The highest BCUT2D eigenvalue weighted by Gasteiger charge is 2.34. The molecule has 0 bridgehead atoms. The summed E-state index contributed by atoms with van der Waals surface area (Å²) < 4.78 is 25.5. The second kappa shape index (κ2) is 7.65. The molecule has 2 N–H and O–H groups in total. The molecule has 2 aliphatic heterocycles. The van der Waals surface area contributed by atoms with Crippen molar-refractivity contribution in [3.63, 3.8) is 0 Å². The van der Waals surface area contributed by atoms with Gasteiger partial charge in [-0.05, 0) is 36.6 Å². The number of hydrogen-bond acceptors (Lipinski definition) is 7. The van der Waals surface area contributed by atoms with Crippen LogP contribution in [-0.4, -0.2) is 42.2 Å². The van der Waals surface area contributed by atoms with Gasteiger partial charge in [0.05, 0.1) is 17.1 Å². The molecule has 0 amide bonds. The first-order valence-electron chi connectivity index (χ1n) is 9.99. The van der Waals surface area contributed by atoms with Crippen LogP contribution in [0.4, 0.5) is 17.5 Å². The zero-order valence-electron chi connectivity index (χ0n) is 16.5. The highest BCUT2D eigenvalue weighted by Crippen LogP contribution is 2.36. The van der Waals surface area contributed by atoms with E-state index in [1.807, 2.05) is 29.2 Å². The number of anilines is 3. The predicted octanol–water partition coefficient (Wildman–Crippen LogP) is 2.89. The van der Waals surface area contributed by atoms with Gasteiger partial charge >= 0.3 is 0 Å². The number of rotatable bonds is 4. The van der Waals surface area contributed by atoms with Crippen molar-refractivity contribution in [3.8, 4) is 0 Å². The number of aromatic amines is 1. The number of benzene rings is 1. The summed E-state index contributed by atoms with van der Waals surface area (Å²) in [7, 11) is -3.48. The lowest BCUT2D eigenvalue weighted by Gasteiger charge is -2.40. The van der Waals surface area contributed by atoms with Gasteiger partial charge in [0, 0.05) is 36.3 Å². The van der Waals surface area contributed by atoms with Crippen molar-refractivity contribution in [2.24, 2.45) is 0 Å². The van der Waals surface area contributed by atoms with E-state index in [4.69, 9.17) is 11.6 Å². The second-order valence-electron chi connectivity index (χ2n) is 7.79. The SMILES string of the molecule is O=c1ccc(Nc2nc(N3CC(c4ccc(Cl)cc4)C3)nc3c2S(=O)(=O)CCC3)c[nH]1. The Morgan fingerprint density at radius 1 is 1.10 bits per heavy atom. The smallest absolute Gasteiger partial charge is 0.248 e. The predicted molar refractivity (Wildman–Crippen MR) is 119 cm³/mol.